The Bertz CT molecular complexity index is 1050. The van der Waals surface area contributed by atoms with Gasteiger partial charge in [-0.25, -0.2) is 9.37 Å². The molecule has 0 aromatic heterocycles. The molecule has 0 bridgehead atoms. The van der Waals surface area contributed by atoms with E-state index in [4.69, 9.17) is 48.8 Å². The third kappa shape index (κ3) is 32.0. The van der Waals surface area contributed by atoms with Gasteiger partial charge in [0.05, 0.1) is 32.3 Å². The van der Waals surface area contributed by atoms with Crippen LogP contribution < -0.4 is 5.32 Å². The number of rotatable bonds is 33. The Labute approximate surface area is 318 Å². The lowest BCUT2D eigenvalue weighted by atomic mass is 10.2. The van der Waals surface area contributed by atoms with Crippen LogP contribution in [0.1, 0.15) is 65.7 Å². The van der Waals surface area contributed by atoms with E-state index in [0.717, 1.165) is 0 Å². The molecule has 0 saturated carbocycles. The van der Waals surface area contributed by atoms with E-state index in [1.165, 1.54) is 0 Å². The second kappa shape index (κ2) is 32.9. The van der Waals surface area contributed by atoms with E-state index in [2.05, 4.69) is 9.89 Å². The number of nitrogens with zero attached hydrogens (tertiary/aromatic N) is 3. The summed E-state index contributed by atoms with van der Waals surface area (Å²) in [5.41, 5.74) is -0.623. The molecule has 0 aliphatic carbocycles. The third-order valence-electron chi connectivity index (χ3n) is 7.25. The van der Waals surface area contributed by atoms with Gasteiger partial charge in [0.25, 0.3) is 0 Å². The quantitative estimate of drug-likeness (QED) is 0.0142. The van der Waals surface area contributed by atoms with Crippen LogP contribution >= 0.6 is 0 Å². The zero-order valence-electron chi connectivity index (χ0n) is 32.5. The summed E-state index contributed by atoms with van der Waals surface area (Å²) in [6.07, 6.45) is 3.73. The molecular formula is C35H68N4O15+4. The van der Waals surface area contributed by atoms with E-state index in [9.17, 15) is 24.0 Å². The van der Waals surface area contributed by atoms with Gasteiger partial charge in [-0.2, -0.15) is 0 Å². The van der Waals surface area contributed by atoms with Gasteiger partial charge in [0, 0.05) is 65.1 Å². The molecule has 0 aliphatic rings. The van der Waals surface area contributed by atoms with E-state index < -0.39 is 42.4 Å². The highest BCUT2D eigenvalue weighted by Crippen LogP contribution is 2.07. The number of nitrogens with one attached hydrogen (secondary N) is 1. The number of hydrogen-bond acceptors (Lipinski definition) is 14. The van der Waals surface area contributed by atoms with E-state index in [1.807, 2.05) is 16.0 Å². The van der Waals surface area contributed by atoms with Crippen molar-refractivity contribution in [1.82, 2.24) is 15.1 Å². The minimum Gasteiger partial charge on any atom is -0.463 e. The largest absolute Gasteiger partial charge is 0.463 e. The number of amides is 1. The van der Waals surface area contributed by atoms with E-state index >= 15 is 0 Å². The van der Waals surface area contributed by atoms with Crippen LogP contribution in [0.4, 0.5) is 4.79 Å². The molecule has 314 valence electrons. The molecule has 0 rings (SSSR count). The van der Waals surface area contributed by atoms with Crippen LogP contribution in [0.5, 0.6) is 0 Å². The van der Waals surface area contributed by atoms with Crippen molar-refractivity contribution in [3.8, 4) is 0 Å². The topological polar surface area (TPSA) is 251 Å². The van der Waals surface area contributed by atoms with Gasteiger partial charge in [-0.1, -0.05) is 0 Å². The Kier molecular flexibility index (Phi) is 30.8. The normalized spacial score (nSPS) is 11.8. The Morgan fingerprint density at radius 1 is 0.648 bits per heavy atom. The summed E-state index contributed by atoms with van der Waals surface area (Å²) < 4.78 is 32.5. The average Bonchev–Trinajstić information content (AvgIpc) is 3.12. The summed E-state index contributed by atoms with van der Waals surface area (Å²) in [7, 11) is 0. The second-order valence-electron chi connectivity index (χ2n) is 13.0. The monoisotopic (exact) mass is 784 g/mol. The molecule has 19 heteroatoms. The second-order valence-corrected chi connectivity index (χ2v) is 13.0. The molecule has 0 atom stereocenters. The van der Waals surface area contributed by atoms with Crippen LogP contribution in [-0.2, 0) is 47.6 Å². The first-order chi connectivity index (χ1) is 25.8. The van der Waals surface area contributed by atoms with Gasteiger partial charge < -0.3 is 64.0 Å². The molecule has 19 nitrogen and oxygen atoms in total. The number of aliphatic hydroxyl groups excluding tert-OH is 1. The molecule has 0 aromatic carbocycles. The van der Waals surface area contributed by atoms with E-state index in [1.54, 1.807) is 20.8 Å². The first kappa shape index (κ1) is 50.5. The van der Waals surface area contributed by atoms with Crippen molar-refractivity contribution in [3.05, 3.63) is 0 Å². The van der Waals surface area contributed by atoms with Crippen LogP contribution in [0.3, 0.4) is 0 Å². The van der Waals surface area contributed by atoms with Crippen LogP contribution in [0.15, 0.2) is 0 Å². The molecule has 0 radical (unpaired) electrons. The summed E-state index contributed by atoms with van der Waals surface area (Å²) in [6.45, 7) is 8.92. The molecule has 0 aliphatic heterocycles. The highest BCUT2D eigenvalue weighted by Gasteiger charge is 2.18. The summed E-state index contributed by atoms with van der Waals surface area (Å²) in [4.78, 5) is 64.8. The molecule has 1 amide bonds. The van der Waals surface area contributed by atoms with Crippen LogP contribution in [0.25, 0.3) is 0 Å². The van der Waals surface area contributed by atoms with Crippen LogP contribution in [0, 0.1) is 0 Å². The number of carbonyl (C=O) groups is 5. The van der Waals surface area contributed by atoms with Crippen molar-refractivity contribution in [2.24, 2.45) is 0 Å². The van der Waals surface area contributed by atoms with Crippen molar-refractivity contribution in [3.63, 3.8) is 0 Å². The zero-order valence-corrected chi connectivity index (χ0v) is 32.5. The molecule has 0 heterocycles. The highest BCUT2D eigenvalue weighted by atomic mass is 16.6. The molecule has 0 unspecified atom stereocenters. The van der Waals surface area contributed by atoms with Crippen molar-refractivity contribution in [2.45, 2.75) is 71.3 Å². The maximum Gasteiger partial charge on any atom is 0.407 e. The van der Waals surface area contributed by atoms with Crippen molar-refractivity contribution < 1.29 is 77.4 Å². The fourth-order valence-electron chi connectivity index (χ4n) is 4.73. The number of aliphatic hydroxyl groups is 1. The van der Waals surface area contributed by atoms with Crippen molar-refractivity contribution in [1.29, 1.82) is 0 Å². The number of hydrogen-bond donors (Lipinski definition) is 2. The minimum absolute atomic E-state index is 0.00994. The summed E-state index contributed by atoms with van der Waals surface area (Å²) in [6, 6.07) is 0. The molecule has 0 saturated heterocycles. The maximum absolute atomic E-state index is 12.3. The van der Waals surface area contributed by atoms with Crippen LogP contribution in [0.2, 0.25) is 0 Å². The lowest BCUT2D eigenvalue weighted by Gasteiger charge is -2.21. The van der Waals surface area contributed by atoms with Gasteiger partial charge in [0.2, 0.25) is 0 Å². The molecule has 0 fully saturated rings. The maximum atomic E-state index is 12.3. The Morgan fingerprint density at radius 2 is 1.09 bits per heavy atom. The zero-order chi connectivity index (χ0) is 40.5. The van der Waals surface area contributed by atoms with Gasteiger partial charge >= 0.3 is 30.0 Å². The molecule has 54 heavy (non-hydrogen) atoms. The van der Waals surface area contributed by atoms with E-state index in [-0.39, 0.29) is 78.5 Å². The number of carbonyl (C=O) groups excluding carboxylic acids is 5. The average molecular weight is 785 g/mol. The summed E-state index contributed by atoms with van der Waals surface area (Å²) >= 11 is 0. The number of ether oxygens (including phenoxy) is 6. The molecular weight excluding hydrogens is 716 g/mol. The smallest absolute Gasteiger partial charge is 0.407 e. The predicted octanol–water partition coefficient (Wildman–Crippen LogP) is -1.76. The van der Waals surface area contributed by atoms with Crippen LogP contribution in [-0.4, -0.2) is 195 Å². The van der Waals surface area contributed by atoms with Crippen molar-refractivity contribution in [2.75, 3.05) is 119 Å². The lowest BCUT2D eigenvalue weighted by Crippen LogP contribution is -2.34. The van der Waals surface area contributed by atoms with Crippen molar-refractivity contribution >= 4 is 36.2 Å². The Morgan fingerprint density at radius 3 is 1.54 bits per heavy atom. The van der Waals surface area contributed by atoms with Gasteiger partial charge in [-0.3, -0.25) is 19.2 Å². The molecule has 0 spiro atoms. The SMILES string of the molecule is CC(C)(C)OC(=O)NCCC[N+](=CCCN(CCC(=O)OCC[OH2+])CCC(=O)OCC[OH2+])CCCN(CCC(=O)OCC[OH2+])CCC(=O)OCCOCO. The standard InChI is InChI=1S/C35H64N4O15/c1-35(2,3)54-34(48)36-11-4-12-37(13-5-15-38(17-7-30(44)50-24-21-40)18-8-31(45)51-25-22-41)14-6-16-39(19-9-32(46)52-26-23-42)20-10-33(47)53-28-27-49-29-43/h13,40-43H,4-12,14-29H2,1-3H3/p+4. The van der Waals surface area contributed by atoms with Gasteiger partial charge in [-0.15, -0.1) is 0 Å². The fraction of sp³-hybridized carbons (Fsp3) is 0.829. The first-order valence-corrected chi connectivity index (χ1v) is 18.6. The highest BCUT2D eigenvalue weighted by molar-refractivity contribution is 5.71. The lowest BCUT2D eigenvalue weighted by molar-refractivity contribution is -0.525. The number of esters is 4. The molecule has 0 aromatic rings. The summed E-state index contributed by atoms with van der Waals surface area (Å²) in [5.74, 6) is -1.72. The Balaban J connectivity index is 5.63. The van der Waals surface area contributed by atoms with Gasteiger partial charge in [-0.05, 0) is 20.8 Å². The number of alkyl carbamates (subject to hydrolysis) is 1. The third-order valence-corrected chi connectivity index (χ3v) is 7.25. The summed E-state index contributed by atoms with van der Waals surface area (Å²) in [5, 5.41) is 33.1. The first-order valence-electron chi connectivity index (χ1n) is 18.6. The van der Waals surface area contributed by atoms with E-state index in [0.29, 0.717) is 78.2 Å². The Hall–Kier alpha value is -3.46. The van der Waals surface area contributed by atoms with Gasteiger partial charge in [0.15, 0.2) is 39.6 Å². The fourth-order valence-corrected chi connectivity index (χ4v) is 4.73. The molecule has 8 N–H and O–H groups in total. The minimum atomic E-state index is -0.623. The predicted molar refractivity (Wildman–Crippen MR) is 198 cm³/mol. The van der Waals surface area contributed by atoms with Gasteiger partial charge in [0.1, 0.15) is 38.3 Å².